The van der Waals surface area contributed by atoms with E-state index in [4.69, 9.17) is 23.8 Å². The Bertz CT molecular complexity index is 4250. The van der Waals surface area contributed by atoms with Crippen molar-refractivity contribution in [3.05, 3.63) is 206 Å². The van der Waals surface area contributed by atoms with E-state index >= 15 is 0 Å². The van der Waals surface area contributed by atoms with Crippen molar-refractivity contribution >= 4 is 87.2 Å². The lowest BCUT2D eigenvalue weighted by molar-refractivity contribution is 0.669. The maximum atomic E-state index is 6.69. The highest BCUT2D eigenvalue weighted by Gasteiger charge is 2.24. The maximum absolute atomic E-state index is 6.69. The standard InChI is InChI=1S/C59H34N4O2/c1-2-15-35(16-3-1)57-60-58(62-59(61-57)46-25-14-24-43-42-22-9-12-27-51(42)65-56(43)46)44-30-29-39(63-49-26-11-8-21-41(49)47-31-36-17-4-5-18-37(36)32-50(47)63)34-48(44)54-40-20-7-6-19-38(40)33-53-55(54)45-23-10-13-28-52(45)64-53/h1-34H. The summed E-state index contributed by atoms with van der Waals surface area (Å²) in [6.07, 6.45) is 0. The monoisotopic (exact) mass is 830 g/mol. The molecule has 0 fully saturated rings. The number of aromatic nitrogens is 4. The zero-order valence-corrected chi connectivity index (χ0v) is 34.7. The minimum atomic E-state index is 0.527. The quantitative estimate of drug-likeness (QED) is 0.173. The van der Waals surface area contributed by atoms with Gasteiger partial charge in [-0.1, -0.05) is 146 Å². The van der Waals surface area contributed by atoms with Crippen molar-refractivity contribution in [2.45, 2.75) is 0 Å². The SMILES string of the molecule is c1ccc(-c2nc(-c3ccc(-n4c5ccccc5c5cc6ccccc6cc54)cc3-c3c4ccccc4cc4oc5ccccc5c34)nc(-c3cccc4c3oc3ccccc34)n2)cc1. The molecule has 0 aliphatic rings. The van der Waals surface area contributed by atoms with Gasteiger partial charge in [-0.15, -0.1) is 0 Å². The highest BCUT2D eigenvalue weighted by molar-refractivity contribution is 6.22. The smallest absolute Gasteiger partial charge is 0.167 e. The molecule has 0 N–H and O–H groups in total. The summed E-state index contributed by atoms with van der Waals surface area (Å²) in [6, 6.07) is 72.2. The van der Waals surface area contributed by atoms with E-state index in [0.29, 0.717) is 17.5 Å². The Morgan fingerprint density at radius 3 is 1.80 bits per heavy atom. The second kappa shape index (κ2) is 13.8. The topological polar surface area (TPSA) is 69.9 Å². The fourth-order valence-corrected chi connectivity index (χ4v) is 10.1. The number of benzene rings is 10. The average molecular weight is 831 g/mol. The minimum Gasteiger partial charge on any atom is -0.456 e. The summed E-state index contributed by atoms with van der Waals surface area (Å²) in [5, 5.41) is 11.1. The van der Waals surface area contributed by atoms with Crippen LogP contribution in [-0.2, 0) is 0 Å². The van der Waals surface area contributed by atoms with Crippen LogP contribution in [0.1, 0.15) is 0 Å². The zero-order chi connectivity index (χ0) is 42.6. The number of hydrogen-bond donors (Lipinski definition) is 0. The van der Waals surface area contributed by atoms with E-state index < -0.39 is 0 Å². The maximum Gasteiger partial charge on any atom is 0.167 e. The molecule has 0 bridgehead atoms. The number of para-hydroxylation sites is 4. The van der Waals surface area contributed by atoms with Gasteiger partial charge >= 0.3 is 0 Å². The van der Waals surface area contributed by atoms with Gasteiger partial charge in [0.25, 0.3) is 0 Å². The molecule has 0 atom stereocenters. The summed E-state index contributed by atoms with van der Waals surface area (Å²) in [5.41, 5.74) is 11.0. The van der Waals surface area contributed by atoms with Gasteiger partial charge in [0.1, 0.15) is 22.3 Å². The molecular weight excluding hydrogens is 797 g/mol. The van der Waals surface area contributed by atoms with Crippen molar-refractivity contribution in [2.24, 2.45) is 0 Å². The fraction of sp³-hybridized carbons (Fsp3) is 0. The Balaban J connectivity index is 1.12. The lowest BCUT2D eigenvalue weighted by Crippen LogP contribution is -2.02. The molecule has 14 aromatic rings. The van der Waals surface area contributed by atoms with E-state index in [0.717, 1.165) is 99.2 Å². The summed E-state index contributed by atoms with van der Waals surface area (Å²) >= 11 is 0. The van der Waals surface area contributed by atoms with Gasteiger partial charge in [-0.3, -0.25) is 0 Å². The molecule has 302 valence electrons. The Morgan fingerprint density at radius 1 is 0.338 bits per heavy atom. The zero-order valence-electron chi connectivity index (χ0n) is 34.7. The van der Waals surface area contributed by atoms with Crippen molar-refractivity contribution in [2.75, 3.05) is 0 Å². The normalized spacial score (nSPS) is 12.0. The highest BCUT2D eigenvalue weighted by Crippen LogP contribution is 2.47. The van der Waals surface area contributed by atoms with Crippen LogP contribution in [0.4, 0.5) is 0 Å². The number of nitrogens with zero attached hydrogens (tertiary/aromatic N) is 4. The molecule has 0 radical (unpaired) electrons. The summed E-state index contributed by atoms with van der Waals surface area (Å²) in [5.74, 6) is 1.64. The van der Waals surface area contributed by atoms with Gasteiger partial charge in [0.15, 0.2) is 17.5 Å². The van der Waals surface area contributed by atoms with Crippen molar-refractivity contribution in [1.29, 1.82) is 0 Å². The van der Waals surface area contributed by atoms with Crippen molar-refractivity contribution < 1.29 is 8.83 Å². The molecule has 4 aromatic heterocycles. The number of furan rings is 2. The van der Waals surface area contributed by atoms with E-state index in [1.165, 1.54) is 21.5 Å². The molecule has 0 saturated heterocycles. The molecule has 10 aromatic carbocycles. The molecule has 6 heteroatoms. The summed E-state index contributed by atoms with van der Waals surface area (Å²) < 4.78 is 15.7. The molecule has 65 heavy (non-hydrogen) atoms. The molecule has 0 saturated carbocycles. The molecule has 0 aliphatic heterocycles. The van der Waals surface area contributed by atoms with Crippen LogP contribution in [0.2, 0.25) is 0 Å². The van der Waals surface area contributed by atoms with Gasteiger partial charge in [-0.25, -0.2) is 15.0 Å². The lowest BCUT2D eigenvalue weighted by atomic mass is 9.90. The van der Waals surface area contributed by atoms with E-state index in [2.05, 4.69) is 144 Å². The van der Waals surface area contributed by atoms with Gasteiger partial charge in [-0.05, 0) is 87.8 Å². The van der Waals surface area contributed by atoms with Crippen molar-refractivity contribution in [1.82, 2.24) is 19.5 Å². The Morgan fingerprint density at radius 2 is 0.969 bits per heavy atom. The van der Waals surface area contributed by atoms with Gasteiger partial charge < -0.3 is 13.4 Å². The first-order valence-corrected chi connectivity index (χ1v) is 21.8. The fourth-order valence-electron chi connectivity index (χ4n) is 10.1. The highest BCUT2D eigenvalue weighted by atomic mass is 16.3. The first kappa shape index (κ1) is 35.7. The van der Waals surface area contributed by atoms with Crippen LogP contribution in [0.5, 0.6) is 0 Å². The molecule has 0 spiro atoms. The summed E-state index contributed by atoms with van der Waals surface area (Å²) in [6.45, 7) is 0. The number of rotatable bonds is 5. The molecular formula is C59H34N4O2. The third-order valence-electron chi connectivity index (χ3n) is 13.0. The largest absolute Gasteiger partial charge is 0.456 e. The number of fused-ring (bicyclic) bond motifs is 11. The van der Waals surface area contributed by atoms with Crippen LogP contribution in [0.25, 0.3) is 138 Å². The first-order valence-electron chi connectivity index (χ1n) is 21.8. The molecule has 0 aliphatic carbocycles. The first-order chi connectivity index (χ1) is 32.2. The van der Waals surface area contributed by atoms with Gasteiger partial charge in [0.2, 0.25) is 0 Å². The summed E-state index contributed by atoms with van der Waals surface area (Å²) in [7, 11) is 0. The van der Waals surface area contributed by atoms with Crippen LogP contribution in [0, 0.1) is 0 Å². The predicted octanol–water partition coefficient (Wildman–Crippen LogP) is 15.7. The molecule has 6 nitrogen and oxygen atoms in total. The third-order valence-corrected chi connectivity index (χ3v) is 13.0. The summed E-state index contributed by atoms with van der Waals surface area (Å²) in [4.78, 5) is 16.0. The minimum absolute atomic E-state index is 0.527. The van der Waals surface area contributed by atoms with Crippen molar-refractivity contribution in [3.8, 4) is 51.0 Å². The van der Waals surface area contributed by atoms with Crippen LogP contribution >= 0.6 is 0 Å². The second-order valence-electron chi connectivity index (χ2n) is 16.7. The second-order valence-corrected chi connectivity index (χ2v) is 16.7. The molecule has 4 heterocycles. The Labute approximate surface area is 371 Å². The molecule has 0 amide bonds. The van der Waals surface area contributed by atoms with E-state index in [9.17, 15) is 0 Å². The van der Waals surface area contributed by atoms with Crippen LogP contribution < -0.4 is 0 Å². The Kier molecular flexibility index (Phi) is 7.59. The average Bonchev–Trinajstić information content (AvgIpc) is 4.04. The van der Waals surface area contributed by atoms with Crippen LogP contribution in [0.15, 0.2) is 215 Å². The number of hydrogen-bond acceptors (Lipinski definition) is 5. The van der Waals surface area contributed by atoms with Crippen molar-refractivity contribution in [3.63, 3.8) is 0 Å². The van der Waals surface area contributed by atoms with E-state index in [1.54, 1.807) is 0 Å². The van der Waals surface area contributed by atoms with Gasteiger partial charge in [-0.2, -0.15) is 0 Å². The van der Waals surface area contributed by atoms with Crippen LogP contribution in [-0.4, -0.2) is 19.5 Å². The molecule has 0 unspecified atom stereocenters. The van der Waals surface area contributed by atoms with E-state index in [1.807, 2.05) is 66.7 Å². The van der Waals surface area contributed by atoms with Crippen LogP contribution in [0.3, 0.4) is 0 Å². The van der Waals surface area contributed by atoms with Gasteiger partial charge in [0, 0.05) is 54.7 Å². The third kappa shape index (κ3) is 5.44. The Hall–Kier alpha value is -8.87. The molecule has 14 rings (SSSR count). The van der Waals surface area contributed by atoms with E-state index in [-0.39, 0.29) is 0 Å². The van der Waals surface area contributed by atoms with Gasteiger partial charge in [0.05, 0.1) is 16.6 Å². The predicted molar refractivity (Wildman–Crippen MR) is 265 cm³/mol. The lowest BCUT2D eigenvalue weighted by Gasteiger charge is -2.17.